The number of Topliss-reactive ketones (excluding diaryl/α,β-unsaturated/α-hetero) is 1. The molecule has 0 spiro atoms. The predicted octanol–water partition coefficient (Wildman–Crippen LogP) is 8.86. The van der Waals surface area contributed by atoms with Crippen LogP contribution in [0.1, 0.15) is 127 Å². The minimum absolute atomic E-state index is 0.0213. The molecule has 9 atom stereocenters. The van der Waals surface area contributed by atoms with Crippen LogP contribution >= 0.6 is 0 Å². The fraction of sp³-hybridized carbons (Fsp3) is 0.750. The Morgan fingerprint density at radius 1 is 0.923 bits per heavy atom. The number of fused-ring (bicyclic) bond motifs is 7. The fourth-order valence-corrected chi connectivity index (χ4v) is 13.0. The van der Waals surface area contributed by atoms with Crippen molar-refractivity contribution in [1.29, 1.82) is 0 Å². The first kappa shape index (κ1) is 38.8. The summed E-state index contributed by atoms with van der Waals surface area (Å²) in [6.45, 7) is 20.0. The Bertz CT molecular complexity index is 1610. The number of aliphatic hydroxyl groups excluding tert-OH is 1. The molecule has 0 bridgehead atoms. The van der Waals surface area contributed by atoms with Gasteiger partial charge in [0.15, 0.2) is 5.78 Å². The molecule has 6 rings (SSSR count). The quantitative estimate of drug-likeness (QED) is 0.205. The van der Waals surface area contributed by atoms with E-state index < -0.39 is 28.9 Å². The fourth-order valence-electron chi connectivity index (χ4n) is 13.0. The standard InChI is InChI=1S/C44H65NO7/c1-26(2)36-30(46)23-44(33(47)25-45-27-11-13-28(51-10)14-12-27)22-21-42(8)29(37(36)44)15-16-32-41(7)19-18-34(52-35(48)24-39(3,4)38(49)50)40(5,6)31(41)17-20-43(32,42)9/h11-14,26,29,31-34,45,47H,15-25H2,1-10H3,(H,49,50)/t29-,31+,32-,33-,34+,41+,42-,43-,44?/m1/s1. The Morgan fingerprint density at radius 2 is 1.60 bits per heavy atom. The number of ether oxygens (including phenoxy) is 2. The number of esters is 1. The van der Waals surface area contributed by atoms with E-state index in [4.69, 9.17) is 9.47 Å². The number of ketones is 1. The summed E-state index contributed by atoms with van der Waals surface area (Å²) in [6, 6.07) is 7.76. The van der Waals surface area contributed by atoms with Gasteiger partial charge in [0.05, 0.1) is 25.0 Å². The Kier molecular flexibility index (Phi) is 9.83. The van der Waals surface area contributed by atoms with Crippen molar-refractivity contribution in [3.63, 3.8) is 0 Å². The first-order chi connectivity index (χ1) is 24.2. The lowest BCUT2D eigenvalue weighted by Gasteiger charge is -2.72. The van der Waals surface area contributed by atoms with Gasteiger partial charge in [-0.1, -0.05) is 54.0 Å². The maximum atomic E-state index is 14.0. The van der Waals surface area contributed by atoms with Crippen molar-refractivity contribution in [2.24, 2.45) is 56.2 Å². The molecular weight excluding hydrogens is 654 g/mol. The molecule has 0 aromatic heterocycles. The van der Waals surface area contributed by atoms with Gasteiger partial charge < -0.3 is 25.0 Å². The summed E-state index contributed by atoms with van der Waals surface area (Å²) in [5.41, 5.74) is 1.30. The summed E-state index contributed by atoms with van der Waals surface area (Å²) in [4.78, 5) is 38.9. The SMILES string of the molecule is COc1ccc(NC[C@@H](O)C23CC[C@]4(C)[C@H](CC[C@@H]5[C@@]6(C)CC[C@H](OC(=O)CC(C)(C)C(=O)O)C(C)(C)[C@@H]6CC[C@]54C)C2=C(C(C)C)C(=O)C3)cc1. The molecule has 4 fully saturated rings. The number of hydrogen-bond donors (Lipinski definition) is 3. The molecule has 3 N–H and O–H groups in total. The van der Waals surface area contributed by atoms with Crippen LogP contribution in [-0.4, -0.2) is 53.8 Å². The average molecular weight is 720 g/mol. The van der Waals surface area contributed by atoms with Crippen LogP contribution in [0.4, 0.5) is 5.69 Å². The van der Waals surface area contributed by atoms with E-state index in [2.05, 4.69) is 53.8 Å². The molecule has 5 aliphatic carbocycles. The molecule has 288 valence electrons. The highest BCUT2D eigenvalue weighted by Crippen LogP contribution is 2.77. The number of methoxy groups -OCH3 is 1. The second-order valence-electron chi connectivity index (χ2n) is 19.7. The Hall–Kier alpha value is -2.87. The third-order valence-corrected chi connectivity index (χ3v) is 16.1. The molecule has 8 heteroatoms. The van der Waals surface area contributed by atoms with Crippen molar-refractivity contribution in [2.75, 3.05) is 19.0 Å². The minimum atomic E-state index is -1.17. The third kappa shape index (κ3) is 5.83. The van der Waals surface area contributed by atoms with Crippen LogP contribution in [0.15, 0.2) is 35.4 Å². The molecule has 0 saturated heterocycles. The van der Waals surface area contributed by atoms with Crippen molar-refractivity contribution in [1.82, 2.24) is 0 Å². The van der Waals surface area contributed by atoms with Gasteiger partial charge in [0.1, 0.15) is 11.9 Å². The van der Waals surface area contributed by atoms with E-state index in [9.17, 15) is 24.6 Å². The molecule has 0 aliphatic heterocycles. The number of carbonyl (C=O) groups is 3. The molecule has 1 unspecified atom stereocenters. The third-order valence-electron chi connectivity index (χ3n) is 16.1. The summed E-state index contributed by atoms with van der Waals surface area (Å²) < 4.78 is 11.5. The van der Waals surface area contributed by atoms with Gasteiger partial charge in [-0.3, -0.25) is 14.4 Å². The van der Waals surface area contributed by atoms with Crippen LogP contribution in [0.2, 0.25) is 0 Å². The van der Waals surface area contributed by atoms with Gasteiger partial charge in [0, 0.05) is 29.5 Å². The number of benzene rings is 1. The lowest BCUT2D eigenvalue weighted by atomic mass is 9.33. The second-order valence-corrected chi connectivity index (χ2v) is 19.7. The molecular formula is C44H65NO7. The lowest BCUT2D eigenvalue weighted by Crippen LogP contribution is -2.66. The molecule has 1 aromatic rings. The maximum Gasteiger partial charge on any atom is 0.309 e. The van der Waals surface area contributed by atoms with Crippen molar-refractivity contribution in [3.05, 3.63) is 35.4 Å². The normalized spacial score (nSPS) is 37.3. The molecule has 5 aliphatic rings. The van der Waals surface area contributed by atoms with E-state index in [0.717, 1.165) is 68.4 Å². The molecule has 4 saturated carbocycles. The second kappa shape index (κ2) is 13.2. The largest absolute Gasteiger partial charge is 0.497 e. The van der Waals surface area contributed by atoms with Crippen LogP contribution < -0.4 is 10.1 Å². The van der Waals surface area contributed by atoms with E-state index in [0.29, 0.717) is 24.8 Å². The number of hydrogen-bond acceptors (Lipinski definition) is 7. The number of rotatable bonds is 10. The molecule has 8 nitrogen and oxygen atoms in total. The number of allylic oxidation sites excluding steroid dienone is 1. The first-order valence-corrected chi connectivity index (χ1v) is 19.9. The summed E-state index contributed by atoms with van der Waals surface area (Å²) in [6.07, 6.45) is 7.08. The lowest BCUT2D eigenvalue weighted by molar-refractivity contribution is -0.235. The van der Waals surface area contributed by atoms with E-state index in [-0.39, 0.29) is 51.8 Å². The zero-order chi connectivity index (χ0) is 38.2. The van der Waals surface area contributed by atoms with Gasteiger partial charge in [-0.2, -0.15) is 0 Å². The van der Waals surface area contributed by atoms with Crippen LogP contribution in [0, 0.1) is 56.2 Å². The molecule has 0 radical (unpaired) electrons. The zero-order valence-corrected chi connectivity index (χ0v) is 33.5. The number of aliphatic carboxylic acids is 1. The Morgan fingerprint density at radius 3 is 2.21 bits per heavy atom. The smallest absolute Gasteiger partial charge is 0.309 e. The Labute approximate surface area is 311 Å². The summed E-state index contributed by atoms with van der Waals surface area (Å²) in [5.74, 6) is 0.789. The van der Waals surface area contributed by atoms with Crippen LogP contribution in [-0.2, 0) is 19.1 Å². The number of aliphatic hydroxyl groups is 1. The van der Waals surface area contributed by atoms with E-state index in [1.807, 2.05) is 24.3 Å². The van der Waals surface area contributed by atoms with Gasteiger partial charge in [0.25, 0.3) is 0 Å². The van der Waals surface area contributed by atoms with E-state index in [1.165, 1.54) is 5.57 Å². The van der Waals surface area contributed by atoms with E-state index >= 15 is 0 Å². The van der Waals surface area contributed by atoms with Crippen LogP contribution in [0.3, 0.4) is 0 Å². The van der Waals surface area contributed by atoms with Crippen molar-refractivity contribution < 1.29 is 34.1 Å². The number of carbonyl (C=O) groups excluding carboxylic acids is 2. The maximum absolute atomic E-state index is 14.0. The molecule has 0 amide bonds. The summed E-state index contributed by atoms with van der Waals surface area (Å²) >= 11 is 0. The van der Waals surface area contributed by atoms with Gasteiger partial charge in [-0.15, -0.1) is 0 Å². The highest BCUT2D eigenvalue weighted by atomic mass is 16.5. The zero-order valence-electron chi connectivity index (χ0n) is 33.5. The van der Waals surface area contributed by atoms with Crippen LogP contribution in [0.5, 0.6) is 5.75 Å². The highest BCUT2D eigenvalue weighted by Gasteiger charge is 2.70. The van der Waals surface area contributed by atoms with Gasteiger partial charge in [-0.25, -0.2) is 0 Å². The van der Waals surface area contributed by atoms with Crippen molar-refractivity contribution in [3.8, 4) is 5.75 Å². The van der Waals surface area contributed by atoms with Gasteiger partial charge in [-0.05, 0) is 135 Å². The minimum Gasteiger partial charge on any atom is -0.497 e. The van der Waals surface area contributed by atoms with Crippen LogP contribution in [0.25, 0.3) is 0 Å². The van der Waals surface area contributed by atoms with Gasteiger partial charge in [0.2, 0.25) is 0 Å². The first-order valence-electron chi connectivity index (χ1n) is 19.9. The summed E-state index contributed by atoms with van der Waals surface area (Å²) in [5, 5.41) is 25.3. The number of nitrogens with one attached hydrogen (secondary N) is 1. The van der Waals surface area contributed by atoms with Crippen molar-refractivity contribution in [2.45, 2.75) is 139 Å². The molecule has 52 heavy (non-hydrogen) atoms. The van der Waals surface area contributed by atoms with Gasteiger partial charge >= 0.3 is 11.9 Å². The van der Waals surface area contributed by atoms with Crippen molar-refractivity contribution >= 4 is 23.4 Å². The highest BCUT2D eigenvalue weighted by molar-refractivity contribution is 6.00. The molecule has 0 heterocycles. The average Bonchev–Trinajstić information content (AvgIpc) is 3.38. The topological polar surface area (TPSA) is 122 Å². The monoisotopic (exact) mass is 719 g/mol. The van der Waals surface area contributed by atoms with E-state index in [1.54, 1.807) is 21.0 Å². The predicted molar refractivity (Wildman–Crippen MR) is 203 cm³/mol. The number of carboxylic acids is 1. The summed E-state index contributed by atoms with van der Waals surface area (Å²) in [7, 11) is 1.65. The number of anilines is 1. The number of carboxylic acid groups (broad SMARTS) is 1. The molecule has 1 aromatic carbocycles. The Balaban J connectivity index is 1.27.